The van der Waals surface area contributed by atoms with Gasteiger partial charge < -0.3 is 14.5 Å². The van der Waals surface area contributed by atoms with Crippen LogP contribution < -0.4 is 9.80 Å². The van der Waals surface area contributed by atoms with Crippen molar-refractivity contribution < 1.29 is 4.74 Å². The Labute approximate surface area is 159 Å². The van der Waals surface area contributed by atoms with E-state index in [0.29, 0.717) is 6.61 Å². The minimum Gasteiger partial charge on any atom is -0.367 e. The van der Waals surface area contributed by atoms with Crippen LogP contribution in [-0.4, -0.2) is 47.7 Å². The third-order valence-corrected chi connectivity index (χ3v) is 5.96. The summed E-state index contributed by atoms with van der Waals surface area (Å²) in [4.78, 5) is 18.5. The zero-order valence-corrected chi connectivity index (χ0v) is 16.6. The molecule has 6 nitrogen and oxygen atoms in total. The van der Waals surface area contributed by atoms with Gasteiger partial charge in [-0.25, -0.2) is 15.0 Å². The zero-order valence-electron chi connectivity index (χ0n) is 15.8. The quantitative estimate of drug-likeness (QED) is 0.822. The number of hydrogen-bond donors (Lipinski definition) is 0. The average molecular weight is 374 g/mol. The van der Waals surface area contributed by atoms with Gasteiger partial charge in [-0.3, -0.25) is 0 Å². The molecular weight excluding hydrogens is 346 g/mol. The third-order valence-electron chi connectivity index (χ3n) is 5.02. The molecule has 1 atom stereocenters. The molecule has 0 spiro atoms. The molecule has 2 aromatic rings. The van der Waals surface area contributed by atoms with Crippen molar-refractivity contribution in [3.8, 4) is 0 Å². The lowest BCUT2D eigenvalue weighted by atomic mass is 9.93. The van der Waals surface area contributed by atoms with Crippen LogP contribution in [0.15, 0.2) is 17.8 Å². The van der Waals surface area contributed by atoms with E-state index in [9.17, 15) is 0 Å². The van der Waals surface area contributed by atoms with Gasteiger partial charge in [0.15, 0.2) is 0 Å². The summed E-state index contributed by atoms with van der Waals surface area (Å²) in [5.74, 6) is 2.03. The van der Waals surface area contributed by atoms with Crippen LogP contribution in [0.25, 0.3) is 0 Å². The number of aromatic nitrogens is 3. The van der Waals surface area contributed by atoms with Crippen molar-refractivity contribution in [2.75, 3.05) is 42.6 Å². The first-order chi connectivity index (χ1) is 12.5. The van der Waals surface area contributed by atoms with Gasteiger partial charge in [0.2, 0.25) is 0 Å². The highest BCUT2D eigenvalue weighted by Crippen LogP contribution is 2.31. The molecule has 4 rings (SSSR count). The standard InChI is InChI=1S/C19H27N5OS/c1-19(2,3)15-12-26-18(22-15)14-11-24(8-9-25-14)17-10-16(20-13-21-17)23-6-4-5-7-23/h10,12-14H,4-9,11H2,1-3H3. The number of anilines is 2. The smallest absolute Gasteiger partial charge is 0.134 e. The van der Waals surface area contributed by atoms with Crippen LogP contribution in [0.5, 0.6) is 0 Å². The Balaban J connectivity index is 1.50. The lowest BCUT2D eigenvalue weighted by Gasteiger charge is -2.33. The van der Waals surface area contributed by atoms with Crippen LogP contribution in [0.1, 0.15) is 50.4 Å². The summed E-state index contributed by atoms with van der Waals surface area (Å²) in [5, 5.41) is 3.22. The van der Waals surface area contributed by atoms with E-state index in [1.54, 1.807) is 17.7 Å². The summed E-state index contributed by atoms with van der Waals surface area (Å²) < 4.78 is 6.02. The molecule has 2 fully saturated rings. The number of rotatable bonds is 3. The first-order valence-corrected chi connectivity index (χ1v) is 10.3. The normalized spacial score (nSPS) is 21.4. The van der Waals surface area contributed by atoms with E-state index in [4.69, 9.17) is 9.72 Å². The fourth-order valence-electron chi connectivity index (χ4n) is 3.42. The maximum Gasteiger partial charge on any atom is 0.134 e. The molecule has 2 aromatic heterocycles. The van der Waals surface area contributed by atoms with Gasteiger partial charge >= 0.3 is 0 Å². The predicted molar refractivity (Wildman–Crippen MR) is 105 cm³/mol. The highest BCUT2D eigenvalue weighted by molar-refractivity contribution is 7.09. The minimum absolute atomic E-state index is 0.00931. The summed E-state index contributed by atoms with van der Waals surface area (Å²) >= 11 is 1.70. The van der Waals surface area contributed by atoms with Crippen LogP contribution in [0.4, 0.5) is 11.6 Å². The van der Waals surface area contributed by atoms with Crippen molar-refractivity contribution in [3.63, 3.8) is 0 Å². The molecule has 0 aromatic carbocycles. The number of hydrogen-bond acceptors (Lipinski definition) is 7. The summed E-state index contributed by atoms with van der Waals surface area (Å²) in [6, 6.07) is 2.12. The summed E-state index contributed by atoms with van der Waals surface area (Å²) in [5.41, 5.74) is 1.21. The van der Waals surface area contributed by atoms with E-state index >= 15 is 0 Å². The summed E-state index contributed by atoms with van der Waals surface area (Å²) in [6.07, 6.45) is 4.20. The Morgan fingerprint density at radius 1 is 1.08 bits per heavy atom. The first-order valence-electron chi connectivity index (χ1n) is 9.40. The van der Waals surface area contributed by atoms with Crippen molar-refractivity contribution in [1.82, 2.24) is 15.0 Å². The molecule has 2 aliphatic rings. The first kappa shape index (κ1) is 17.7. The third kappa shape index (κ3) is 3.69. The van der Waals surface area contributed by atoms with Crippen LogP contribution in [0.2, 0.25) is 0 Å². The zero-order chi connectivity index (χ0) is 18.1. The molecule has 0 saturated carbocycles. The summed E-state index contributed by atoms with van der Waals surface area (Å²) in [6.45, 7) is 11.1. The SMILES string of the molecule is CC(C)(C)c1csc(C2CN(c3cc(N4CCCC4)ncn3)CCO2)n1. The van der Waals surface area contributed by atoms with E-state index in [2.05, 4.69) is 52.0 Å². The second kappa shape index (κ2) is 7.12. The molecule has 26 heavy (non-hydrogen) atoms. The number of morpholine rings is 1. The van der Waals surface area contributed by atoms with Gasteiger partial charge in [0.1, 0.15) is 29.1 Å². The van der Waals surface area contributed by atoms with Crippen LogP contribution in [0, 0.1) is 0 Å². The lowest BCUT2D eigenvalue weighted by Crippen LogP contribution is -2.39. The largest absolute Gasteiger partial charge is 0.367 e. The second-order valence-corrected chi connectivity index (χ2v) is 8.94. The Hall–Kier alpha value is -1.73. The molecule has 2 saturated heterocycles. The fraction of sp³-hybridized carbons (Fsp3) is 0.632. The molecule has 0 aliphatic carbocycles. The van der Waals surface area contributed by atoms with Gasteiger partial charge in [0.25, 0.3) is 0 Å². The van der Waals surface area contributed by atoms with Gasteiger partial charge in [0.05, 0.1) is 18.8 Å². The maximum atomic E-state index is 6.02. The van der Waals surface area contributed by atoms with Gasteiger partial charge in [-0.05, 0) is 12.8 Å². The van der Waals surface area contributed by atoms with Crippen molar-refractivity contribution in [3.05, 3.63) is 28.5 Å². The van der Waals surface area contributed by atoms with Crippen molar-refractivity contribution >= 4 is 23.0 Å². The van der Waals surface area contributed by atoms with Crippen molar-refractivity contribution in [1.29, 1.82) is 0 Å². The predicted octanol–water partition coefficient (Wildman–Crippen LogP) is 3.41. The molecule has 1 unspecified atom stereocenters. The van der Waals surface area contributed by atoms with Crippen LogP contribution in [-0.2, 0) is 10.2 Å². The van der Waals surface area contributed by atoms with Gasteiger partial charge in [0, 0.05) is 36.5 Å². The van der Waals surface area contributed by atoms with Gasteiger partial charge in [-0.15, -0.1) is 11.3 Å². The molecule has 0 radical (unpaired) electrons. The molecule has 140 valence electrons. The Kier molecular flexibility index (Phi) is 4.84. The average Bonchev–Trinajstić information content (AvgIpc) is 3.33. The molecule has 2 aliphatic heterocycles. The van der Waals surface area contributed by atoms with E-state index in [1.807, 2.05) is 0 Å². The molecule has 0 bridgehead atoms. The summed E-state index contributed by atoms with van der Waals surface area (Å²) in [7, 11) is 0. The fourth-order valence-corrected chi connectivity index (χ4v) is 4.50. The highest BCUT2D eigenvalue weighted by atomic mass is 32.1. The Morgan fingerprint density at radius 3 is 2.50 bits per heavy atom. The topological polar surface area (TPSA) is 54.4 Å². The molecule has 0 amide bonds. The molecule has 7 heteroatoms. The van der Waals surface area contributed by atoms with Gasteiger partial charge in [-0.2, -0.15) is 0 Å². The maximum absolute atomic E-state index is 6.02. The Morgan fingerprint density at radius 2 is 1.81 bits per heavy atom. The van der Waals surface area contributed by atoms with Gasteiger partial charge in [-0.1, -0.05) is 20.8 Å². The number of ether oxygens (including phenoxy) is 1. The van der Waals surface area contributed by atoms with E-state index < -0.39 is 0 Å². The van der Waals surface area contributed by atoms with Crippen LogP contribution in [0.3, 0.4) is 0 Å². The van der Waals surface area contributed by atoms with E-state index in [1.165, 1.54) is 12.8 Å². The molecule has 0 N–H and O–H groups in total. The van der Waals surface area contributed by atoms with Crippen molar-refractivity contribution in [2.24, 2.45) is 0 Å². The highest BCUT2D eigenvalue weighted by Gasteiger charge is 2.27. The van der Waals surface area contributed by atoms with E-state index in [-0.39, 0.29) is 11.5 Å². The minimum atomic E-state index is 0.00931. The molecule has 4 heterocycles. The number of nitrogens with zero attached hydrogens (tertiary/aromatic N) is 5. The second-order valence-electron chi connectivity index (χ2n) is 8.05. The molecular formula is C19H27N5OS. The van der Waals surface area contributed by atoms with Crippen molar-refractivity contribution in [2.45, 2.75) is 45.1 Å². The Bertz CT molecular complexity index is 750. The van der Waals surface area contributed by atoms with Crippen LogP contribution >= 0.6 is 11.3 Å². The van der Waals surface area contributed by atoms with E-state index in [0.717, 1.165) is 48.5 Å². The monoisotopic (exact) mass is 373 g/mol. The number of thiazole rings is 1. The lowest BCUT2D eigenvalue weighted by molar-refractivity contribution is 0.0392.